The number of carbonyl (C=O) groups is 2. The zero-order valence-electron chi connectivity index (χ0n) is 12.7. The van der Waals surface area contributed by atoms with Gasteiger partial charge in [-0.25, -0.2) is 9.18 Å². The molecule has 0 aromatic heterocycles. The summed E-state index contributed by atoms with van der Waals surface area (Å²) in [6.07, 6.45) is -0.0552. The number of aryl methyl sites for hydroxylation is 1. The number of benzene rings is 2. The number of hydrogen-bond donors (Lipinski definition) is 3. The fraction of sp³-hybridized carbons (Fsp3) is 0.176. The van der Waals surface area contributed by atoms with Gasteiger partial charge in [0.05, 0.1) is 18.2 Å². The molecule has 1 atom stereocenters. The molecule has 0 spiro atoms. The minimum atomic E-state index is -0.728. The molecule has 23 heavy (non-hydrogen) atoms. The molecule has 0 aliphatic carbocycles. The SMILES string of the molecule is Cc1ccc(F)c(NC(=O)CC(NC(N)=O)c2ccccc2)c1. The number of halogens is 1. The summed E-state index contributed by atoms with van der Waals surface area (Å²) in [7, 11) is 0. The van der Waals surface area contributed by atoms with Gasteiger partial charge in [-0.3, -0.25) is 4.79 Å². The first kappa shape index (κ1) is 16.5. The van der Waals surface area contributed by atoms with Crippen LogP contribution >= 0.6 is 0 Å². The van der Waals surface area contributed by atoms with E-state index in [-0.39, 0.29) is 12.1 Å². The van der Waals surface area contributed by atoms with Crippen molar-refractivity contribution in [3.8, 4) is 0 Å². The maximum absolute atomic E-state index is 13.7. The third-order valence-corrected chi connectivity index (χ3v) is 3.30. The van der Waals surface area contributed by atoms with Gasteiger partial charge in [0.25, 0.3) is 0 Å². The summed E-state index contributed by atoms with van der Waals surface area (Å²) < 4.78 is 13.7. The zero-order valence-corrected chi connectivity index (χ0v) is 12.7. The van der Waals surface area contributed by atoms with Gasteiger partial charge in [-0.1, -0.05) is 36.4 Å². The molecule has 120 valence electrons. The molecule has 6 heteroatoms. The summed E-state index contributed by atoms with van der Waals surface area (Å²) in [5.74, 6) is -0.930. The molecule has 0 fully saturated rings. The van der Waals surface area contributed by atoms with Crippen LogP contribution in [0.2, 0.25) is 0 Å². The van der Waals surface area contributed by atoms with Crippen molar-refractivity contribution >= 4 is 17.6 Å². The lowest BCUT2D eigenvalue weighted by molar-refractivity contribution is -0.116. The summed E-state index contributed by atoms with van der Waals surface area (Å²) in [4.78, 5) is 23.3. The van der Waals surface area contributed by atoms with Gasteiger partial charge in [0.1, 0.15) is 5.82 Å². The third-order valence-electron chi connectivity index (χ3n) is 3.30. The van der Waals surface area contributed by atoms with E-state index >= 15 is 0 Å². The topological polar surface area (TPSA) is 84.2 Å². The first-order chi connectivity index (χ1) is 11.0. The summed E-state index contributed by atoms with van der Waals surface area (Å²) in [6, 6.07) is 12.1. The molecule has 2 rings (SSSR count). The molecular weight excluding hydrogens is 297 g/mol. The molecule has 0 aliphatic heterocycles. The van der Waals surface area contributed by atoms with Crippen LogP contribution in [0.1, 0.15) is 23.6 Å². The lowest BCUT2D eigenvalue weighted by Crippen LogP contribution is -2.35. The average molecular weight is 315 g/mol. The number of urea groups is 1. The fourth-order valence-electron chi connectivity index (χ4n) is 2.23. The van der Waals surface area contributed by atoms with Crippen LogP contribution in [-0.2, 0) is 4.79 Å². The normalized spacial score (nSPS) is 11.6. The maximum atomic E-state index is 13.7. The maximum Gasteiger partial charge on any atom is 0.312 e. The van der Waals surface area contributed by atoms with Crippen LogP contribution in [0, 0.1) is 12.7 Å². The predicted octanol–water partition coefficient (Wildman–Crippen LogP) is 2.87. The molecule has 3 amide bonds. The van der Waals surface area contributed by atoms with Gasteiger partial charge in [0.15, 0.2) is 0 Å². The number of primary amides is 1. The molecule has 0 saturated carbocycles. The quantitative estimate of drug-likeness (QED) is 0.792. The molecule has 0 radical (unpaired) electrons. The Morgan fingerprint density at radius 2 is 1.87 bits per heavy atom. The summed E-state index contributed by atoms with van der Waals surface area (Å²) in [5, 5.41) is 5.04. The molecule has 5 nitrogen and oxygen atoms in total. The molecule has 1 unspecified atom stereocenters. The van der Waals surface area contributed by atoms with Crippen LogP contribution < -0.4 is 16.4 Å². The van der Waals surface area contributed by atoms with Crippen LogP contribution in [0.15, 0.2) is 48.5 Å². The number of amides is 3. The number of nitrogens with two attached hydrogens (primary N) is 1. The first-order valence-electron chi connectivity index (χ1n) is 7.12. The van der Waals surface area contributed by atoms with Gasteiger partial charge < -0.3 is 16.4 Å². The zero-order chi connectivity index (χ0) is 16.8. The Hall–Kier alpha value is -2.89. The van der Waals surface area contributed by atoms with E-state index in [4.69, 9.17) is 5.73 Å². The summed E-state index contributed by atoms with van der Waals surface area (Å²) >= 11 is 0. The molecule has 0 bridgehead atoms. The minimum absolute atomic E-state index is 0.0552. The van der Waals surface area contributed by atoms with E-state index in [2.05, 4.69) is 10.6 Å². The second-order valence-corrected chi connectivity index (χ2v) is 5.21. The van der Waals surface area contributed by atoms with E-state index in [1.807, 2.05) is 6.07 Å². The van der Waals surface area contributed by atoms with Crippen LogP contribution in [0.5, 0.6) is 0 Å². The lowest BCUT2D eigenvalue weighted by atomic mass is 10.0. The van der Waals surface area contributed by atoms with Gasteiger partial charge in [-0.15, -0.1) is 0 Å². The Kier molecular flexibility index (Phi) is 5.30. The van der Waals surface area contributed by atoms with Crippen molar-refractivity contribution in [1.29, 1.82) is 0 Å². The van der Waals surface area contributed by atoms with Gasteiger partial charge in [-0.05, 0) is 30.2 Å². The van der Waals surface area contributed by atoms with Gasteiger partial charge in [0.2, 0.25) is 5.91 Å². The average Bonchev–Trinajstić information content (AvgIpc) is 2.51. The standard InChI is InChI=1S/C17H18FN3O2/c1-11-7-8-13(18)15(9-11)20-16(22)10-14(21-17(19)23)12-5-3-2-4-6-12/h2-9,14H,10H2,1H3,(H,20,22)(H3,19,21,23). The highest BCUT2D eigenvalue weighted by molar-refractivity contribution is 5.91. The molecule has 0 saturated heterocycles. The monoisotopic (exact) mass is 315 g/mol. The highest BCUT2D eigenvalue weighted by atomic mass is 19.1. The second-order valence-electron chi connectivity index (χ2n) is 5.21. The van der Waals surface area contributed by atoms with E-state index in [1.165, 1.54) is 6.07 Å². The van der Waals surface area contributed by atoms with Crippen molar-refractivity contribution in [2.75, 3.05) is 5.32 Å². The van der Waals surface area contributed by atoms with Gasteiger partial charge in [0, 0.05) is 0 Å². The largest absolute Gasteiger partial charge is 0.352 e. The molecule has 0 aliphatic rings. The van der Waals surface area contributed by atoms with Crippen molar-refractivity contribution < 1.29 is 14.0 Å². The lowest BCUT2D eigenvalue weighted by Gasteiger charge is -2.18. The van der Waals surface area contributed by atoms with E-state index in [0.29, 0.717) is 0 Å². The molecule has 0 heterocycles. The predicted molar refractivity (Wildman–Crippen MR) is 86.3 cm³/mol. The third kappa shape index (κ3) is 4.81. The Bertz CT molecular complexity index is 704. The Morgan fingerprint density at radius 3 is 2.52 bits per heavy atom. The molecule has 2 aromatic rings. The number of hydrogen-bond acceptors (Lipinski definition) is 2. The van der Waals surface area contributed by atoms with Crippen LogP contribution in [0.3, 0.4) is 0 Å². The Balaban J connectivity index is 2.11. The van der Waals surface area contributed by atoms with Crippen molar-refractivity contribution in [2.24, 2.45) is 5.73 Å². The van der Waals surface area contributed by atoms with Crippen molar-refractivity contribution in [2.45, 2.75) is 19.4 Å². The number of rotatable bonds is 5. The van der Waals surface area contributed by atoms with E-state index < -0.39 is 23.8 Å². The number of carbonyl (C=O) groups excluding carboxylic acids is 2. The van der Waals surface area contributed by atoms with E-state index in [9.17, 15) is 14.0 Å². The highest BCUT2D eigenvalue weighted by Crippen LogP contribution is 2.20. The second kappa shape index (κ2) is 7.40. The van der Waals surface area contributed by atoms with Crippen molar-refractivity contribution in [3.63, 3.8) is 0 Å². The smallest absolute Gasteiger partial charge is 0.312 e. The van der Waals surface area contributed by atoms with E-state index in [1.54, 1.807) is 43.3 Å². The van der Waals surface area contributed by atoms with Gasteiger partial charge >= 0.3 is 6.03 Å². The van der Waals surface area contributed by atoms with E-state index in [0.717, 1.165) is 11.1 Å². The van der Waals surface area contributed by atoms with Crippen molar-refractivity contribution in [3.05, 3.63) is 65.5 Å². The summed E-state index contributed by atoms with van der Waals surface area (Å²) in [5.41, 5.74) is 6.85. The molecular formula is C17H18FN3O2. The Morgan fingerprint density at radius 1 is 1.17 bits per heavy atom. The highest BCUT2D eigenvalue weighted by Gasteiger charge is 2.18. The van der Waals surface area contributed by atoms with Crippen LogP contribution in [0.4, 0.5) is 14.9 Å². The Labute approximate surface area is 133 Å². The van der Waals surface area contributed by atoms with Gasteiger partial charge in [-0.2, -0.15) is 0 Å². The van der Waals surface area contributed by atoms with Crippen molar-refractivity contribution in [1.82, 2.24) is 5.32 Å². The number of anilines is 1. The molecule has 2 aromatic carbocycles. The van der Waals surface area contributed by atoms with Crippen LogP contribution in [-0.4, -0.2) is 11.9 Å². The summed E-state index contributed by atoms with van der Waals surface area (Å²) in [6.45, 7) is 1.80. The minimum Gasteiger partial charge on any atom is -0.352 e. The number of nitrogens with one attached hydrogen (secondary N) is 2. The molecule has 4 N–H and O–H groups in total. The fourth-order valence-corrected chi connectivity index (χ4v) is 2.23. The first-order valence-corrected chi connectivity index (χ1v) is 7.12. The van der Waals surface area contributed by atoms with Crippen LogP contribution in [0.25, 0.3) is 0 Å².